The molecule has 3 aromatic rings. The molecule has 0 aliphatic carbocycles. The number of benzene rings is 3. The van der Waals surface area contributed by atoms with Crippen molar-refractivity contribution in [2.45, 2.75) is 17.6 Å². The summed E-state index contributed by atoms with van der Waals surface area (Å²) in [7, 11) is -2.73. The number of aromatic carboxylic acids is 1. The lowest BCUT2D eigenvalue weighted by molar-refractivity contribution is -0.137. The molecule has 0 saturated carbocycles. The Kier molecular flexibility index (Phi) is 5.38. The van der Waals surface area contributed by atoms with Crippen LogP contribution in [-0.4, -0.2) is 30.8 Å². The van der Waals surface area contributed by atoms with Crippen LogP contribution in [0.4, 0.5) is 13.2 Å². The van der Waals surface area contributed by atoms with Gasteiger partial charge in [-0.1, -0.05) is 30.3 Å². The third kappa shape index (κ3) is 4.10. The van der Waals surface area contributed by atoms with E-state index in [2.05, 4.69) is 0 Å². The first-order valence-corrected chi connectivity index (χ1v) is 9.83. The van der Waals surface area contributed by atoms with Crippen molar-refractivity contribution in [3.05, 3.63) is 77.4 Å². The van der Waals surface area contributed by atoms with Crippen LogP contribution < -0.4 is 0 Å². The Morgan fingerprint density at radius 3 is 2.10 bits per heavy atom. The fraction of sp³-hybridized carbons (Fsp3) is 0.150. The van der Waals surface area contributed by atoms with E-state index in [1.165, 1.54) is 19.2 Å². The number of rotatable bonds is 5. The molecule has 5 nitrogen and oxygen atoms in total. The number of alkyl halides is 3. The van der Waals surface area contributed by atoms with Crippen LogP contribution in [0.2, 0.25) is 0 Å². The quantitative estimate of drug-likeness (QED) is 0.661. The summed E-state index contributed by atoms with van der Waals surface area (Å²) in [5, 5.41) is 10.4. The van der Waals surface area contributed by atoms with E-state index >= 15 is 0 Å². The van der Waals surface area contributed by atoms with Gasteiger partial charge in [0, 0.05) is 13.6 Å². The maximum absolute atomic E-state index is 12.8. The Bertz CT molecular complexity index is 1170. The first kappa shape index (κ1) is 20.8. The molecule has 152 valence electrons. The van der Waals surface area contributed by atoms with Crippen molar-refractivity contribution in [2.75, 3.05) is 7.05 Å². The molecule has 0 amide bonds. The van der Waals surface area contributed by atoms with Crippen molar-refractivity contribution in [2.24, 2.45) is 0 Å². The standard InChI is InChI=1S/C20H16F3NO4S/c1-24(29(27,28)15-9-7-14(8-10-15)20(21,22)23)12-13-6-11-18(19(25)26)17-5-3-2-4-16(13)17/h2-11H,12H2,1H3,(H,25,26). The van der Waals surface area contributed by atoms with Crippen LogP contribution in [-0.2, 0) is 22.7 Å². The van der Waals surface area contributed by atoms with E-state index in [0.29, 0.717) is 16.3 Å². The Labute approximate surface area is 165 Å². The van der Waals surface area contributed by atoms with Crippen molar-refractivity contribution in [1.29, 1.82) is 0 Å². The number of nitrogens with zero attached hydrogens (tertiary/aromatic N) is 1. The molecule has 0 saturated heterocycles. The summed E-state index contributed by atoms with van der Waals surface area (Å²) in [4.78, 5) is 11.1. The van der Waals surface area contributed by atoms with Gasteiger partial charge in [-0.25, -0.2) is 13.2 Å². The molecule has 0 aliphatic heterocycles. The maximum atomic E-state index is 12.8. The highest BCUT2D eigenvalue weighted by Crippen LogP contribution is 2.30. The minimum atomic E-state index is -4.56. The first-order valence-electron chi connectivity index (χ1n) is 8.39. The Balaban J connectivity index is 1.95. The van der Waals surface area contributed by atoms with E-state index in [-0.39, 0.29) is 17.0 Å². The molecule has 0 aliphatic rings. The summed E-state index contributed by atoms with van der Waals surface area (Å²) in [5.41, 5.74) is -0.268. The lowest BCUT2D eigenvalue weighted by Crippen LogP contribution is -2.26. The molecule has 0 heterocycles. The highest BCUT2D eigenvalue weighted by atomic mass is 32.2. The minimum Gasteiger partial charge on any atom is -0.478 e. The van der Waals surface area contributed by atoms with E-state index < -0.39 is 27.7 Å². The van der Waals surface area contributed by atoms with Crippen LogP contribution >= 0.6 is 0 Å². The largest absolute Gasteiger partial charge is 0.478 e. The summed E-state index contributed by atoms with van der Waals surface area (Å²) >= 11 is 0. The number of fused-ring (bicyclic) bond motifs is 1. The third-order valence-corrected chi connectivity index (χ3v) is 6.35. The van der Waals surface area contributed by atoms with Gasteiger partial charge in [0.25, 0.3) is 0 Å². The highest BCUT2D eigenvalue weighted by Gasteiger charge is 2.31. The Hall–Kier alpha value is -2.91. The zero-order chi connectivity index (χ0) is 21.4. The predicted octanol–water partition coefficient (Wildman–Crippen LogP) is 4.38. The number of hydrogen-bond donors (Lipinski definition) is 1. The second-order valence-corrected chi connectivity index (χ2v) is 8.45. The fourth-order valence-corrected chi connectivity index (χ4v) is 4.16. The van der Waals surface area contributed by atoms with Crippen LogP contribution in [0.25, 0.3) is 10.8 Å². The number of hydrogen-bond acceptors (Lipinski definition) is 3. The van der Waals surface area contributed by atoms with Crippen LogP contribution in [0, 0.1) is 0 Å². The summed E-state index contributed by atoms with van der Waals surface area (Å²) in [6.45, 7) is -0.0796. The molecule has 0 fully saturated rings. The van der Waals surface area contributed by atoms with Gasteiger partial charge in [-0.05, 0) is 46.7 Å². The second kappa shape index (κ2) is 7.49. The molecular weight excluding hydrogens is 407 g/mol. The Morgan fingerprint density at radius 1 is 0.966 bits per heavy atom. The number of carbonyl (C=O) groups is 1. The van der Waals surface area contributed by atoms with Gasteiger partial charge < -0.3 is 5.11 Å². The van der Waals surface area contributed by atoms with E-state index in [9.17, 15) is 31.5 Å². The van der Waals surface area contributed by atoms with Crippen molar-refractivity contribution >= 4 is 26.8 Å². The Morgan fingerprint density at radius 2 is 1.55 bits per heavy atom. The molecule has 0 spiro atoms. The third-order valence-electron chi connectivity index (χ3n) is 4.53. The molecule has 0 unspecified atom stereocenters. The number of sulfonamides is 1. The molecule has 3 rings (SSSR count). The van der Waals surface area contributed by atoms with Crippen LogP contribution in [0.5, 0.6) is 0 Å². The monoisotopic (exact) mass is 423 g/mol. The lowest BCUT2D eigenvalue weighted by atomic mass is 9.99. The van der Waals surface area contributed by atoms with E-state index in [1.807, 2.05) is 0 Å². The fourth-order valence-electron chi connectivity index (χ4n) is 3.01. The molecule has 29 heavy (non-hydrogen) atoms. The normalized spacial score (nSPS) is 12.4. The topological polar surface area (TPSA) is 74.7 Å². The van der Waals surface area contributed by atoms with Crippen LogP contribution in [0.3, 0.4) is 0 Å². The molecule has 9 heteroatoms. The van der Waals surface area contributed by atoms with Crippen molar-refractivity contribution in [3.63, 3.8) is 0 Å². The summed E-state index contributed by atoms with van der Waals surface area (Å²) in [5.74, 6) is -1.10. The highest BCUT2D eigenvalue weighted by molar-refractivity contribution is 7.89. The smallest absolute Gasteiger partial charge is 0.416 e. The van der Waals surface area contributed by atoms with E-state index in [4.69, 9.17) is 0 Å². The lowest BCUT2D eigenvalue weighted by Gasteiger charge is -2.19. The van der Waals surface area contributed by atoms with Gasteiger partial charge in [0.2, 0.25) is 10.0 Å². The number of carboxylic acids is 1. The molecule has 3 aromatic carbocycles. The average Bonchev–Trinajstić information content (AvgIpc) is 2.67. The number of carboxylic acid groups (broad SMARTS) is 1. The van der Waals surface area contributed by atoms with E-state index in [1.54, 1.807) is 24.3 Å². The van der Waals surface area contributed by atoms with Gasteiger partial charge >= 0.3 is 12.1 Å². The van der Waals surface area contributed by atoms with E-state index in [0.717, 1.165) is 28.6 Å². The summed E-state index contributed by atoms with van der Waals surface area (Å²) in [6, 6.07) is 12.9. The predicted molar refractivity (Wildman–Crippen MR) is 101 cm³/mol. The molecule has 1 N–H and O–H groups in total. The van der Waals surface area contributed by atoms with Gasteiger partial charge in [-0.3, -0.25) is 0 Å². The molecule has 0 radical (unpaired) electrons. The molecule has 0 bridgehead atoms. The number of halogens is 3. The average molecular weight is 423 g/mol. The SMILES string of the molecule is CN(Cc1ccc(C(=O)O)c2ccccc12)S(=O)(=O)c1ccc(C(F)(F)F)cc1. The zero-order valence-electron chi connectivity index (χ0n) is 15.1. The van der Waals surface area contributed by atoms with Crippen LogP contribution in [0.15, 0.2) is 65.6 Å². The zero-order valence-corrected chi connectivity index (χ0v) is 16.0. The van der Waals surface area contributed by atoms with Gasteiger partial charge in [-0.15, -0.1) is 0 Å². The first-order chi connectivity index (χ1) is 13.5. The summed E-state index contributed by atoms with van der Waals surface area (Å²) < 4.78 is 64.6. The second-order valence-electron chi connectivity index (χ2n) is 6.41. The molecular formula is C20H16F3NO4S. The minimum absolute atomic E-state index is 0.0796. The van der Waals surface area contributed by atoms with Gasteiger partial charge in [0.05, 0.1) is 16.0 Å². The van der Waals surface area contributed by atoms with Gasteiger partial charge in [-0.2, -0.15) is 17.5 Å². The van der Waals surface area contributed by atoms with Gasteiger partial charge in [0.15, 0.2) is 0 Å². The van der Waals surface area contributed by atoms with Crippen molar-refractivity contribution in [1.82, 2.24) is 4.31 Å². The maximum Gasteiger partial charge on any atom is 0.416 e. The van der Waals surface area contributed by atoms with Crippen molar-refractivity contribution < 1.29 is 31.5 Å². The van der Waals surface area contributed by atoms with Crippen molar-refractivity contribution in [3.8, 4) is 0 Å². The molecule has 0 atom stereocenters. The molecule has 0 aromatic heterocycles. The summed E-state index contributed by atoms with van der Waals surface area (Å²) in [6.07, 6.45) is -4.56. The van der Waals surface area contributed by atoms with Gasteiger partial charge in [0.1, 0.15) is 0 Å². The van der Waals surface area contributed by atoms with Crippen LogP contribution in [0.1, 0.15) is 21.5 Å².